The van der Waals surface area contributed by atoms with Crippen LogP contribution in [0.1, 0.15) is 12.5 Å². The smallest absolute Gasteiger partial charge is 0.130 e. The van der Waals surface area contributed by atoms with Crippen molar-refractivity contribution in [2.45, 2.75) is 13.3 Å². The molecule has 5 nitrogen and oxygen atoms in total. The van der Waals surface area contributed by atoms with E-state index in [1.807, 2.05) is 30.6 Å². The van der Waals surface area contributed by atoms with Crippen LogP contribution in [0.3, 0.4) is 0 Å². The molecule has 0 aliphatic heterocycles. The Hall–Kier alpha value is -2.86. The van der Waals surface area contributed by atoms with Gasteiger partial charge in [-0.3, -0.25) is 0 Å². The summed E-state index contributed by atoms with van der Waals surface area (Å²) < 4.78 is 5.53. The fraction of sp³-hybridized carbons (Fsp3) is 0.200. The number of nitrogens with zero attached hydrogens (tertiary/aromatic N) is 2. The first-order chi connectivity index (χ1) is 12.8. The summed E-state index contributed by atoms with van der Waals surface area (Å²) in [6.07, 6.45) is 4.51. The molecular weight excluding hydrogens is 344 g/mol. The Bertz CT molecular complexity index is 1010. The number of ether oxygens (including phenoxy) is 1. The van der Waals surface area contributed by atoms with Gasteiger partial charge in [-0.15, -0.1) is 11.3 Å². The minimum atomic E-state index is 0.668. The van der Waals surface area contributed by atoms with Gasteiger partial charge in [0.2, 0.25) is 0 Å². The van der Waals surface area contributed by atoms with Gasteiger partial charge in [0.15, 0.2) is 0 Å². The number of hydrogen-bond acceptors (Lipinski definition) is 5. The topological polar surface area (TPSA) is 62.8 Å². The number of fused-ring (bicyclic) bond motifs is 1. The lowest BCUT2D eigenvalue weighted by Gasteiger charge is -2.07. The molecule has 0 bridgehead atoms. The molecule has 0 saturated carbocycles. The van der Waals surface area contributed by atoms with E-state index < -0.39 is 0 Å². The van der Waals surface area contributed by atoms with Crippen molar-refractivity contribution in [2.24, 2.45) is 0 Å². The number of rotatable bonds is 7. The zero-order valence-electron chi connectivity index (χ0n) is 14.5. The lowest BCUT2D eigenvalue weighted by molar-refractivity contribution is 0.342. The van der Waals surface area contributed by atoms with Crippen LogP contribution in [0.4, 0.5) is 5.82 Å². The summed E-state index contributed by atoms with van der Waals surface area (Å²) in [7, 11) is 0. The maximum absolute atomic E-state index is 5.53. The molecular formula is C20H20N4OS. The highest BCUT2D eigenvalue weighted by atomic mass is 32.1. The molecule has 26 heavy (non-hydrogen) atoms. The van der Waals surface area contributed by atoms with Crippen LogP contribution in [0.15, 0.2) is 54.3 Å². The maximum atomic E-state index is 5.53. The first-order valence-electron chi connectivity index (χ1n) is 8.65. The van der Waals surface area contributed by atoms with Gasteiger partial charge in [0.05, 0.1) is 17.2 Å². The maximum Gasteiger partial charge on any atom is 0.130 e. The quantitative estimate of drug-likeness (QED) is 0.497. The monoisotopic (exact) mass is 364 g/mol. The van der Waals surface area contributed by atoms with E-state index in [4.69, 9.17) is 4.74 Å². The molecule has 0 amide bonds. The molecule has 1 aromatic carbocycles. The first kappa shape index (κ1) is 16.6. The zero-order valence-corrected chi connectivity index (χ0v) is 15.3. The van der Waals surface area contributed by atoms with Crippen molar-refractivity contribution >= 4 is 28.1 Å². The summed E-state index contributed by atoms with van der Waals surface area (Å²) >= 11 is 1.63. The number of anilines is 1. The van der Waals surface area contributed by atoms with Crippen LogP contribution in [0.25, 0.3) is 21.5 Å². The fourth-order valence-corrected chi connectivity index (χ4v) is 3.67. The number of aromatic nitrogens is 3. The highest BCUT2D eigenvalue weighted by Gasteiger charge is 2.06. The first-order valence-corrected chi connectivity index (χ1v) is 9.53. The Morgan fingerprint density at radius 2 is 2.12 bits per heavy atom. The third kappa shape index (κ3) is 3.70. The molecule has 3 heterocycles. The van der Waals surface area contributed by atoms with Gasteiger partial charge in [-0.05, 0) is 42.5 Å². The number of benzene rings is 1. The molecule has 6 heteroatoms. The average molecular weight is 364 g/mol. The number of nitrogens with one attached hydrogen (secondary N) is 2. The van der Waals surface area contributed by atoms with Gasteiger partial charge in [0.1, 0.15) is 17.9 Å². The van der Waals surface area contributed by atoms with E-state index in [0.29, 0.717) is 6.61 Å². The van der Waals surface area contributed by atoms with Crippen LogP contribution >= 0.6 is 11.3 Å². The molecule has 0 aliphatic rings. The molecule has 3 aromatic heterocycles. The molecule has 0 radical (unpaired) electrons. The van der Waals surface area contributed by atoms with E-state index in [-0.39, 0.29) is 0 Å². The lowest BCUT2D eigenvalue weighted by Crippen LogP contribution is -2.06. The molecule has 0 spiro atoms. The van der Waals surface area contributed by atoms with E-state index in [1.165, 1.54) is 16.5 Å². The normalized spacial score (nSPS) is 11.0. The summed E-state index contributed by atoms with van der Waals surface area (Å²) in [5.41, 5.74) is 3.38. The van der Waals surface area contributed by atoms with E-state index >= 15 is 0 Å². The summed E-state index contributed by atoms with van der Waals surface area (Å²) in [5.74, 6) is 1.73. The summed E-state index contributed by atoms with van der Waals surface area (Å²) in [5, 5.41) is 6.64. The molecule has 132 valence electrons. The lowest BCUT2D eigenvalue weighted by atomic mass is 10.1. The second-order valence-electron chi connectivity index (χ2n) is 5.94. The largest absolute Gasteiger partial charge is 0.493 e. The van der Waals surface area contributed by atoms with Crippen LogP contribution in [0, 0.1) is 0 Å². The molecule has 0 unspecified atom stereocenters. The van der Waals surface area contributed by atoms with Crippen molar-refractivity contribution in [2.75, 3.05) is 18.5 Å². The minimum absolute atomic E-state index is 0.668. The summed E-state index contributed by atoms with van der Waals surface area (Å²) in [6.45, 7) is 3.47. The third-order valence-electron chi connectivity index (χ3n) is 4.14. The molecule has 0 saturated heterocycles. The minimum Gasteiger partial charge on any atom is -0.493 e. The van der Waals surface area contributed by atoms with Crippen LogP contribution in [0.5, 0.6) is 5.75 Å². The van der Waals surface area contributed by atoms with E-state index in [2.05, 4.69) is 44.5 Å². The van der Waals surface area contributed by atoms with Gasteiger partial charge >= 0.3 is 0 Å². The van der Waals surface area contributed by atoms with Gasteiger partial charge < -0.3 is 15.0 Å². The van der Waals surface area contributed by atoms with Gasteiger partial charge in [-0.2, -0.15) is 0 Å². The van der Waals surface area contributed by atoms with Crippen LogP contribution < -0.4 is 10.1 Å². The molecule has 4 rings (SSSR count). The van der Waals surface area contributed by atoms with Crippen molar-refractivity contribution in [3.8, 4) is 16.3 Å². The number of H-pyrrole nitrogens is 1. The van der Waals surface area contributed by atoms with Crippen molar-refractivity contribution in [1.82, 2.24) is 15.0 Å². The Labute approximate surface area is 156 Å². The number of thiophene rings is 1. The second kappa shape index (κ2) is 7.58. The third-order valence-corrected chi connectivity index (χ3v) is 5.07. The van der Waals surface area contributed by atoms with E-state index in [0.717, 1.165) is 35.1 Å². The van der Waals surface area contributed by atoms with Crippen molar-refractivity contribution in [3.05, 3.63) is 59.9 Å². The Morgan fingerprint density at radius 3 is 3.04 bits per heavy atom. The molecule has 0 fully saturated rings. The van der Waals surface area contributed by atoms with Crippen molar-refractivity contribution < 1.29 is 4.74 Å². The fourth-order valence-electron chi connectivity index (χ4n) is 2.88. The highest BCUT2D eigenvalue weighted by Crippen LogP contribution is 2.30. The average Bonchev–Trinajstić information content (AvgIpc) is 3.31. The number of aromatic amines is 1. The SMILES string of the molecule is CCOc1csc(-c2cc(NCCc3ccc4[nH]ccc4c3)ncn2)c1. The number of hydrogen-bond donors (Lipinski definition) is 2. The highest BCUT2D eigenvalue weighted by molar-refractivity contribution is 7.13. The van der Waals surface area contributed by atoms with Crippen molar-refractivity contribution in [3.63, 3.8) is 0 Å². The van der Waals surface area contributed by atoms with Crippen LogP contribution in [0.2, 0.25) is 0 Å². The summed E-state index contributed by atoms with van der Waals surface area (Å²) in [6, 6.07) is 12.6. The Balaban J connectivity index is 1.40. The van der Waals surface area contributed by atoms with Gasteiger partial charge in [-0.1, -0.05) is 6.07 Å². The molecule has 4 aromatic rings. The van der Waals surface area contributed by atoms with Gasteiger partial charge in [0.25, 0.3) is 0 Å². The predicted molar refractivity (Wildman–Crippen MR) is 107 cm³/mol. The zero-order chi connectivity index (χ0) is 17.8. The van der Waals surface area contributed by atoms with Crippen LogP contribution in [-0.4, -0.2) is 28.1 Å². The Kier molecular flexibility index (Phi) is 4.84. The molecule has 0 atom stereocenters. The van der Waals surface area contributed by atoms with Gasteiger partial charge in [-0.25, -0.2) is 9.97 Å². The predicted octanol–water partition coefficient (Wildman–Crippen LogP) is 4.74. The van der Waals surface area contributed by atoms with Gasteiger partial charge in [0, 0.05) is 35.8 Å². The summed E-state index contributed by atoms with van der Waals surface area (Å²) in [4.78, 5) is 13.0. The van der Waals surface area contributed by atoms with E-state index in [1.54, 1.807) is 17.7 Å². The second-order valence-corrected chi connectivity index (χ2v) is 6.86. The van der Waals surface area contributed by atoms with E-state index in [9.17, 15) is 0 Å². The molecule has 2 N–H and O–H groups in total. The standard InChI is InChI=1S/C20H20N4OS/c1-2-25-16-10-19(26-12-16)18-11-20(24-13-23-18)22-7-5-14-3-4-17-15(9-14)6-8-21-17/h3-4,6,8-13,21H,2,5,7H2,1H3,(H,22,23,24). The molecule has 0 aliphatic carbocycles. The van der Waals surface area contributed by atoms with Crippen molar-refractivity contribution in [1.29, 1.82) is 0 Å². The Morgan fingerprint density at radius 1 is 1.15 bits per heavy atom. The van der Waals surface area contributed by atoms with Crippen LogP contribution in [-0.2, 0) is 6.42 Å².